The first kappa shape index (κ1) is 20.3. The highest BCUT2D eigenvalue weighted by Gasteiger charge is 2.27. The van der Waals surface area contributed by atoms with Crippen molar-refractivity contribution < 1.29 is 8.42 Å². The minimum atomic E-state index is -3.36. The number of guanidine groups is 1. The smallest absolute Gasteiger partial charge is 0.252 e. The normalized spacial score (nSPS) is 16.4. The summed E-state index contributed by atoms with van der Waals surface area (Å²) in [7, 11) is -3.36. The Bertz CT molecular complexity index is 838. The molecule has 1 fully saturated rings. The Balaban J connectivity index is 1.63. The van der Waals surface area contributed by atoms with E-state index in [0.29, 0.717) is 23.8 Å². The summed E-state index contributed by atoms with van der Waals surface area (Å²) in [6.07, 6.45) is 3.01. The molecule has 0 bridgehead atoms. The first-order valence-electron chi connectivity index (χ1n) is 9.23. The summed E-state index contributed by atoms with van der Waals surface area (Å²) in [5.74, 6) is 0.736. The van der Waals surface area contributed by atoms with Gasteiger partial charge in [0.2, 0.25) is 0 Å². The maximum absolute atomic E-state index is 12.8. The number of hydrogen-bond acceptors (Lipinski definition) is 5. The molecule has 1 saturated heterocycles. The van der Waals surface area contributed by atoms with Gasteiger partial charge in [-0.25, -0.2) is 13.4 Å². The topological polar surface area (TPSA) is 73.8 Å². The van der Waals surface area contributed by atoms with E-state index in [1.54, 1.807) is 21.7 Å². The Morgan fingerprint density at radius 1 is 1.15 bits per heavy atom. The zero-order chi connectivity index (χ0) is 19.1. The van der Waals surface area contributed by atoms with Crippen molar-refractivity contribution in [2.75, 3.05) is 19.6 Å². The molecule has 0 amide bonds. The van der Waals surface area contributed by atoms with Gasteiger partial charge >= 0.3 is 0 Å². The molecule has 148 valence electrons. The van der Waals surface area contributed by atoms with Crippen molar-refractivity contribution in [3.63, 3.8) is 0 Å². The molecular weight excluding hydrogens is 400 g/mol. The Morgan fingerprint density at radius 3 is 2.67 bits per heavy atom. The quantitative estimate of drug-likeness (QED) is 0.527. The van der Waals surface area contributed by atoms with Gasteiger partial charge in [0, 0.05) is 29.4 Å². The third-order valence-corrected chi connectivity index (χ3v) is 8.61. The number of hydrogen-bond donors (Lipinski definition) is 2. The van der Waals surface area contributed by atoms with Crippen molar-refractivity contribution in [1.29, 1.82) is 0 Å². The minimum absolute atomic E-state index is 0.422. The van der Waals surface area contributed by atoms with Gasteiger partial charge in [0.1, 0.15) is 4.21 Å². The number of aliphatic imine (C=N–C) groups is 1. The molecule has 2 aromatic heterocycles. The molecule has 0 aliphatic carbocycles. The number of thiophene rings is 2. The molecule has 0 radical (unpaired) electrons. The number of nitrogens with one attached hydrogen (secondary N) is 2. The summed E-state index contributed by atoms with van der Waals surface area (Å²) >= 11 is 3.02. The van der Waals surface area contributed by atoms with Crippen molar-refractivity contribution in [2.45, 2.75) is 43.5 Å². The van der Waals surface area contributed by atoms with Gasteiger partial charge in [-0.15, -0.1) is 22.7 Å². The standard InChI is InChI=1S/C18H26N4O2S3/c1-2-19-18(20-13-15-7-6-12-25-15)21-14-16-8-9-17(26-16)27(23,24)22-10-4-3-5-11-22/h6-9,12H,2-5,10-11,13-14H2,1H3,(H2,19,20,21). The van der Waals surface area contributed by atoms with Crippen LogP contribution in [0.2, 0.25) is 0 Å². The second-order valence-corrected chi connectivity index (χ2v) is 10.7. The molecule has 0 spiro atoms. The fraction of sp³-hybridized carbons (Fsp3) is 0.500. The second kappa shape index (κ2) is 9.68. The molecule has 2 aromatic rings. The molecule has 27 heavy (non-hydrogen) atoms. The van der Waals surface area contributed by atoms with E-state index in [0.717, 1.165) is 43.2 Å². The summed E-state index contributed by atoms with van der Waals surface area (Å²) in [5.41, 5.74) is 0. The first-order chi connectivity index (χ1) is 13.1. The van der Waals surface area contributed by atoms with Gasteiger partial charge in [-0.1, -0.05) is 12.5 Å². The fourth-order valence-electron chi connectivity index (χ4n) is 2.90. The average Bonchev–Trinajstić information content (AvgIpc) is 3.37. The molecule has 0 atom stereocenters. The van der Waals surface area contributed by atoms with Gasteiger partial charge in [-0.05, 0) is 43.3 Å². The number of rotatable bonds is 7. The lowest BCUT2D eigenvalue weighted by atomic mass is 10.2. The maximum atomic E-state index is 12.8. The zero-order valence-corrected chi connectivity index (χ0v) is 17.9. The van der Waals surface area contributed by atoms with Crippen LogP contribution in [0.4, 0.5) is 0 Å². The number of piperidine rings is 1. The molecule has 0 unspecified atom stereocenters. The van der Waals surface area contributed by atoms with Crippen molar-refractivity contribution in [1.82, 2.24) is 14.9 Å². The van der Waals surface area contributed by atoms with Crippen LogP contribution >= 0.6 is 22.7 Å². The summed E-state index contributed by atoms with van der Waals surface area (Å²) in [6.45, 7) is 5.24. The molecule has 3 heterocycles. The molecule has 9 heteroatoms. The van der Waals surface area contributed by atoms with Gasteiger partial charge in [0.05, 0.1) is 13.1 Å². The van der Waals surface area contributed by atoms with Gasteiger partial charge in [-0.2, -0.15) is 4.31 Å². The van der Waals surface area contributed by atoms with Crippen LogP contribution < -0.4 is 10.6 Å². The molecular formula is C18H26N4O2S3. The predicted molar refractivity (Wildman–Crippen MR) is 113 cm³/mol. The van der Waals surface area contributed by atoms with E-state index in [9.17, 15) is 8.42 Å². The van der Waals surface area contributed by atoms with Gasteiger partial charge in [0.25, 0.3) is 10.0 Å². The first-order valence-corrected chi connectivity index (χ1v) is 12.4. The number of nitrogens with zero attached hydrogens (tertiary/aromatic N) is 2. The summed E-state index contributed by atoms with van der Waals surface area (Å²) in [4.78, 5) is 6.78. The summed E-state index contributed by atoms with van der Waals surface area (Å²) in [5, 5.41) is 8.59. The van der Waals surface area contributed by atoms with Crippen LogP contribution in [0.5, 0.6) is 0 Å². The maximum Gasteiger partial charge on any atom is 0.252 e. The Kier molecular flexibility index (Phi) is 7.28. The van der Waals surface area contributed by atoms with E-state index in [1.807, 2.05) is 19.1 Å². The predicted octanol–water partition coefficient (Wildman–Crippen LogP) is 3.24. The fourth-order valence-corrected chi connectivity index (χ4v) is 6.49. The van der Waals surface area contributed by atoms with Gasteiger partial charge in [-0.3, -0.25) is 0 Å². The zero-order valence-electron chi connectivity index (χ0n) is 15.5. The van der Waals surface area contributed by atoms with Crippen molar-refractivity contribution in [3.05, 3.63) is 39.4 Å². The molecule has 3 rings (SSSR count). The largest absolute Gasteiger partial charge is 0.357 e. The van der Waals surface area contributed by atoms with Crippen molar-refractivity contribution >= 4 is 38.7 Å². The van der Waals surface area contributed by atoms with E-state index in [4.69, 9.17) is 0 Å². The van der Waals surface area contributed by atoms with Crippen molar-refractivity contribution in [3.8, 4) is 0 Å². The Hall–Kier alpha value is -1.42. The molecule has 0 aromatic carbocycles. The van der Waals surface area contributed by atoms with Crippen molar-refractivity contribution in [2.24, 2.45) is 4.99 Å². The van der Waals surface area contributed by atoms with Crippen LogP contribution in [0, 0.1) is 0 Å². The van der Waals surface area contributed by atoms with Gasteiger partial charge < -0.3 is 10.6 Å². The van der Waals surface area contributed by atoms with Crippen LogP contribution in [0.1, 0.15) is 35.9 Å². The molecule has 1 aliphatic rings. The lowest BCUT2D eigenvalue weighted by Crippen LogP contribution is -2.36. The van der Waals surface area contributed by atoms with Gasteiger partial charge in [0.15, 0.2) is 5.96 Å². The number of sulfonamides is 1. The third-order valence-electron chi connectivity index (χ3n) is 4.29. The Labute approximate surface area is 169 Å². The third kappa shape index (κ3) is 5.54. The highest BCUT2D eigenvalue weighted by Crippen LogP contribution is 2.27. The van der Waals surface area contributed by atoms with E-state index >= 15 is 0 Å². The average molecular weight is 427 g/mol. The highest BCUT2D eigenvalue weighted by molar-refractivity contribution is 7.91. The molecule has 6 nitrogen and oxygen atoms in total. The molecule has 1 aliphatic heterocycles. The van der Waals surface area contributed by atoms with E-state index in [-0.39, 0.29) is 0 Å². The minimum Gasteiger partial charge on any atom is -0.357 e. The van der Waals surface area contributed by atoms with Crippen LogP contribution in [0.3, 0.4) is 0 Å². The monoisotopic (exact) mass is 426 g/mol. The lowest BCUT2D eigenvalue weighted by molar-refractivity contribution is 0.347. The van der Waals surface area contributed by atoms with E-state index in [1.165, 1.54) is 16.2 Å². The Morgan fingerprint density at radius 2 is 1.96 bits per heavy atom. The van der Waals surface area contributed by atoms with Crippen LogP contribution in [-0.2, 0) is 23.1 Å². The van der Waals surface area contributed by atoms with Crippen LogP contribution in [-0.4, -0.2) is 38.3 Å². The highest BCUT2D eigenvalue weighted by atomic mass is 32.2. The van der Waals surface area contributed by atoms with Crippen LogP contribution in [0.15, 0.2) is 38.8 Å². The lowest BCUT2D eigenvalue weighted by Gasteiger charge is -2.25. The SMILES string of the molecule is CCNC(=NCc1ccc(S(=O)(=O)N2CCCCC2)s1)NCc1cccs1. The molecule has 0 saturated carbocycles. The second-order valence-electron chi connectivity index (χ2n) is 6.31. The van der Waals surface area contributed by atoms with Crippen LogP contribution in [0.25, 0.3) is 0 Å². The van der Waals surface area contributed by atoms with E-state index in [2.05, 4.69) is 27.1 Å². The summed E-state index contributed by atoms with van der Waals surface area (Å²) in [6, 6.07) is 7.69. The summed E-state index contributed by atoms with van der Waals surface area (Å²) < 4.78 is 27.5. The van der Waals surface area contributed by atoms with E-state index < -0.39 is 10.0 Å². The molecule has 2 N–H and O–H groups in total.